The third-order valence-corrected chi connectivity index (χ3v) is 4.08. The number of methoxy groups -OCH3 is 2. The number of rotatable bonds is 4. The summed E-state index contributed by atoms with van der Waals surface area (Å²) in [6.07, 6.45) is 1.64. The van der Waals surface area contributed by atoms with Crippen LogP contribution in [0.2, 0.25) is 0 Å². The molecule has 6 heteroatoms. The van der Waals surface area contributed by atoms with Crippen LogP contribution in [0.5, 0.6) is 11.5 Å². The fraction of sp³-hybridized carbons (Fsp3) is 0.333. The van der Waals surface area contributed by atoms with Gasteiger partial charge < -0.3 is 14.8 Å². The van der Waals surface area contributed by atoms with Gasteiger partial charge >= 0.3 is 0 Å². The van der Waals surface area contributed by atoms with Gasteiger partial charge in [-0.3, -0.25) is 0 Å². The van der Waals surface area contributed by atoms with Crippen molar-refractivity contribution in [1.82, 2.24) is 0 Å². The number of nitrogens with one attached hydrogen (secondary N) is 1. The van der Waals surface area contributed by atoms with Gasteiger partial charge in [-0.25, -0.2) is 8.42 Å². The zero-order valence-corrected chi connectivity index (χ0v) is 11.0. The Hall–Kier alpha value is -1.69. The van der Waals surface area contributed by atoms with Crippen molar-refractivity contribution in [1.29, 1.82) is 0 Å². The predicted molar refractivity (Wildman–Crippen MR) is 69.9 cm³/mol. The van der Waals surface area contributed by atoms with Crippen LogP contribution < -0.4 is 14.8 Å². The van der Waals surface area contributed by atoms with Gasteiger partial charge in [0, 0.05) is 11.5 Å². The molecule has 0 bridgehead atoms. The molecule has 1 N–H and O–H groups in total. The molecule has 1 aromatic carbocycles. The van der Waals surface area contributed by atoms with Crippen LogP contribution in [0, 0.1) is 0 Å². The van der Waals surface area contributed by atoms with Gasteiger partial charge in [0.25, 0.3) is 0 Å². The summed E-state index contributed by atoms with van der Waals surface area (Å²) in [4.78, 5) is 0. The van der Waals surface area contributed by atoms with Crippen molar-refractivity contribution in [2.45, 2.75) is 6.04 Å². The first-order valence-corrected chi connectivity index (χ1v) is 7.15. The number of anilines is 1. The maximum atomic E-state index is 11.3. The summed E-state index contributed by atoms with van der Waals surface area (Å²) in [7, 11) is 0.0777. The molecule has 0 aliphatic carbocycles. The van der Waals surface area contributed by atoms with E-state index in [0.717, 1.165) is 5.69 Å². The van der Waals surface area contributed by atoms with Gasteiger partial charge in [0.2, 0.25) is 0 Å². The van der Waals surface area contributed by atoms with Gasteiger partial charge in [0.15, 0.2) is 9.84 Å². The zero-order chi connectivity index (χ0) is 13.2. The van der Waals surface area contributed by atoms with Crippen LogP contribution in [-0.2, 0) is 9.84 Å². The average molecular weight is 269 g/mol. The van der Waals surface area contributed by atoms with E-state index < -0.39 is 9.84 Å². The monoisotopic (exact) mass is 269 g/mol. The second kappa shape index (κ2) is 4.89. The molecule has 18 heavy (non-hydrogen) atoms. The molecule has 0 amide bonds. The van der Waals surface area contributed by atoms with Crippen molar-refractivity contribution in [3.8, 4) is 11.5 Å². The summed E-state index contributed by atoms with van der Waals surface area (Å²) in [5.74, 6) is 1.38. The van der Waals surface area contributed by atoms with Crippen LogP contribution in [0.1, 0.15) is 0 Å². The van der Waals surface area contributed by atoms with Crippen molar-refractivity contribution in [3.63, 3.8) is 0 Å². The Bertz CT molecular complexity index is 565. The predicted octanol–water partition coefficient (Wildman–Crippen LogP) is 1.43. The van der Waals surface area contributed by atoms with Gasteiger partial charge in [-0.2, -0.15) is 0 Å². The Balaban J connectivity index is 2.17. The van der Waals surface area contributed by atoms with Gasteiger partial charge in [0.1, 0.15) is 11.5 Å². The van der Waals surface area contributed by atoms with E-state index in [-0.39, 0.29) is 11.8 Å². The summed E-state index contributed by atoms with van der Waals surface area (Å²) < 4.78 is 32.9. The van der Waals surface area contributed by atoms with Crippen molar-refractivity contribution in [3.05, 3.63) is 29.7 Å². The average Bonchev–Trinajstić information content (AvgIpc) is 2.69. The number of sulfone groups is 1. The van der Waals surface area contributed by atoms with E-state index in [1.165, 1.54) is 5.41 Å². The molecule has 1 aromatic rings. The van der Waals surface area contributed by atoms with Crippen LogP contribution in [-0.4, -0.2) is 34.4 Å². The number of ether oxygens (including phenoxy) is 2. The summed E-state index contributed by atoms with van der Waals surface area (Å²) in [5, 5.41) is 4.36. The Morgan fingerprint density at radius 2 is 2.06 bits per heavy atom. The van der Waals surface area contributed by atoms with Gasteiger partial charge in [-0.1, -0.05) is 6.08 Å². The van der Waals surface area contributed by atoms with Crippen LogP contribution >= 0.6 is 0 Å². The minimum absolute atomic E-state index is 0.0716. The molecule has 0 saturated heterocycles. The van der Waals surface area contributed by atoms with Gasteiger partial charge in [0.05, 0.1) is 31.7 Å². The lowest BCUT2D eigenvalue weighted by molar-refractivity contribution is 0.395. The van der Waals surface area contributed by atoms with Crippen molar-refractivity contribution < 1.29 is 17.9 Å². The lowest BCUT2D eigenvalue weighted by atomic mass is 10.2. The third kappa shape index (κ3) is 2.76. The molecule has 0 aromatic heterocycles. The van der Waals surface area contributed by atoms with Crippen molar-refractivity contribution in [2.24, 2.45) is 0 Å². The number of hydrogen-bond acceptors (Lipinski definition) is 5. The van der Waals surface area contributed by atoms with E-state index >= 15 is 0 Å². The first-order valence-electron chi connectivity index (χ1n) is 5.43. The number of hydrogen-bond donors (Lipinski definition) is 1. The first-order chi connectivity index (χ1) is 8.54. The molecule has 1 unspecified atom stereocenters. The third-order valence-electron chi connectivity index (χ3n) is 2.68. The number of benzene rings is 1. The molecule has 0 fully saturated rings. The topological polar surface area (TPSA) is 64.6 Å². The summed E-state index contributed by atoms with van der Waals surface area (Å²) >= 11 is 0. The fourth-order valence-corrected chi connectivity index (χ4v) is 3.02. The highest BCUT2D eigenvalue weighted by molar-refractivity contribution is 7.94. The van der Waals surface area contributed by atoms with Crippen molar-refractivity contribution in [2.75, 3.05) is 25.3 Å². The molecule has 0 radical (unpaired) electrons. The standard InChI is InChI=1S/C12H15NO4S/c1-16-10-3-4-11(12(7-10)17-2)13-9-5-6-18(14,15)8-9/h3-7,9,13H,8H2,1-2H3. The highest BCUT2D eigenvalue weighted by Crippen LogP contribution is 2.30. The highest BCUT2D eigenvalue weighted by atomic mass is 32.2. The van der Waals surface area contributed by atoms with E-state index in [1.54, 1.807) is 38.5 Å². The normalized spacial score (nSPS) is 20.7. The molecule has 5 nitrogen and oxygen atoms in total. The molecule has 0 saturated carbocycles. The van der Waals surface area contributed by atoms with Gasteiger partial charge in [-0.05, 0) is 12.1 Å². The largest absolute Gasteiger partial charge is 0.497 e. The molecule has 1 atom stereocenters. The molecule has 98 valence electrons. The minimum Gasteiger partial charge on any atom is -0.497 e. The van der Waals surface area contributed by atoms with E-state index in [2.05, 4.69) is 5.32 Å². The maximum Gasteiger partial charge on any atom is 0.173 e. The van der Waals surface area contributed by atoms with E-state index in [9.17, 15) is 8.42 Å². The van der Waals surface area contributed by atoms with Crippen LogP contribution in [0.3, 0.4) is 0 Å². The Morgan fingerprint density at radius 3 is 2.61 bits per heavy atom. The van der Waals surface area contributed by atoms with E-state index in [4.69, 9.17) is 9.47 Å². The molecule has 1 aliphatic heterocycles. The second-order valence-electron chi connectivity index (χ2n) is 3.98. The van der Waals surface area contributed by atoms with Crippen molar-refractivity contribution >= 4 is 15.5 Å². The zero-order valence-electron chi connectivity index (χ0n) is 10.2. The van der Waals surface area contributed by atoms with E-state index in [0.29, 0.717) is 11.5 Å². The van der Waals surface area contributed by atoms with Crippen LogP contribution in [0.25, 0.3) is 0 Å². The lowest BCUT2D eigenvalue weighted by Gasteiger charge is -2.15. The summed E-state index contributed by atoms with van der Waals surface area (Å²) in [6, 6.07) is 5.11. The first kappa shape index (κ1) is 12.8. The SMILES string of the molecule is COc1ccc(NC2C=CS(=O)(=O)C2)c(OC)c1. The van der Waals surface area contributed by atoms with Crippen LogP contribution in [0.15, 0.2) is 29.7 Å². The Kier molecular flexibility index (Phi) is 3.47. The Labute approximate surface area is 106 Å². The summed E-state index contributed by atoms with van der Waals surface area (Å²) in [6.45, 7) is 0. The molecule has 1 aliphatic rings. The lowest BCUT2D eigenvalue weighted by Crippen LogP contribution is -2.21. The minimum atomic E-state index is -3.06. The molecular weight excluding hydrogens is 254 g/mol. The summed E-state index contributed by atoms with van der Waals surface area (Å²) in [5.41, 5.74) is 0.741. The molecular formula is C12H15NO4S. The maximum absolute atomic E-state index is 11.3. The molecule has 1 heterocycles. The van der Waals surface area contributed by atoms with Gasteiger partial charge in [-0.15, -0.1) is 0 Å². The molecule has 0 spiro atoms. The smallest absolute Gasteiger partial charge is 0.173 e. The molecule has 2 rings (SSSR count). The second-order valence-corrected chi connectivity index (χ2v) is 5.91. The van der Waals surface area contributed by atoms with Crippen LogP contribution in [0.4, 0.5) is 5.69 Å². The highest BCUT2D eigenvalue weighted by Gasteiger charge is 2.22. The van der Waals surface area contributed by atoms with E-state index in [1.807, 2.05) is 0 Å². The fourth-order valence-electron chi connectivity index (χ4n) is 1.78. The quantitative estimate of drug-likeness (QED) is 0.895. The Morgan fingerprint density at radius 1 is 1.28 bits per heavy atom.